The molecule has 1 heterocycles. The van der Waals surface area contributed by atoms with Crippen LogP contribution in [0.5, 0.6) is 0 Å². The maximum absolute atomic E-state index is 5.52. The third-order valence-electron chi connectivity index (χ3n) is 2.78. The van der Waals surface area contributed by atoms with Crippen LogP contribution in [0.2, 0.25) is 0 Å². The van der Waals surface area contributed by atoms with Crippen molar-refractivity contribution < 1.29 is 14.2 Å². The van der Waals surface area contributed by atoms with Gasteiger partial charge >= 0.3 is 0 Å². The Morgan fingerprint density at radius 1 is 1.40 bits per heavy atom. The lowest BCUT2D eigenvalue weighted by atomic mass is 9.93. The summed E-state index contributed by atoms with van der Waals surface area (Å²) in [5.41, 5.74) is 2.83. The van der Waals surface area contributed by atoms with E-state index in [4.69, 9.17) is 20.1 Å². The van der Waals surface area contributed by atoms with E-state index < -0.39 is 0 Å². The van der Waals surface area contributed by atoms with Crippen molar-refractivity contribution >= 4 is 0 Å². The summed E-state index contributed by atoms with van der Waals surface area (Å²) < 4.78 is 15.7. The SMILES string of the molecule is COCCOCC(NN)C1CCOCC1. The number of hydrogen-bond acceptors (Lipinski definition) is 5. The summed E-state index contributed by atoms with van der Waals surface area (Å²) in [4.78, 5) is 0. The Hall–Kier alpha value is -0.200. The van der Waals surface area contributed by atoms with Crippen LogP contribution >= 0.6 is 0 Å². The molecule has 1 aliphatic rings. The largest absolute Gasteiger partial charge is 0.382 e. The first-order chi connectivity index (χ1) is 7.38. The monoisotopic (exact) mass is 218 g/mol. The summed E-state index contributed by atoms with van der Waals surface area (Å²) in [6, 6.07) is 0.228. The molecule has 15 heavy (non-hydrogen) atoms. The average Bonchev–Trinajstić information content (AvgIpc) is 2.30. The van der Waals surface area contributed by atoms with Gasteiger partial charge in [-0.1, -0.05) is 0 Å². The van der Waals surface area contributed by atoms with E-state index in [9.17, 15) is 0 Å². The lowest BCUT2D eigenvalue weighted by Gasteiger charge is -2.29. The quantitative estimate of drug-likeness (QED) is 0.355. The smallest absolute Gasteiger partial charge is 0.0701 e. The zero-order chi connectivity index (χ0) is 10.9. The Balaban J connectivity index is 2.15. The minimum absolute atomic E-state index is 0.228. The van der Waals surface area contributed by atoms with Gasteiger partial charge in [-0.05, 0) is 18.8 Å². The van der Waals surface area contributed by atoms with Gasteiger partial charge < -0.3 is 14.2 Å². The molecule has 1 fully saturated rings. The topological polar surface area (TPSA) is 65.7 Å². The highest BCUT2D eigenvalue weighted by Crippen LogP contribution is 2.18. The molecule has 90 valence electrons. The molecule has 0 radical (unpaired) electrons. The second-order valence-corrected chi connectivity index (χ2v) is 3.79. The molecule has 0 aromatic heterocycles. The maximum Gasteiger partial charge on any atom is 0.0701 e. The molecule has 0 aromatic carbocycles. The molecule has 1 saturated heterocycles. The minimum Gasteiger partial charge on any atom is -0.382 e. The molecule has 0 bridgehead atoms. The van der Waals surface area contributed by atoms with E-state index in [-0.39, 0.29) is 6.04 Å². The molecule has 3 N–H and O–H groups in total. The van der Waals surface area contributed by atoms with Crippen LogP contribution in [0.25, 0.3) is 0 Å². The van der Waals surface area contributed by atoms with Crippen LogP contribution in [-0.2, 0) is 14.2 Å². The van der Waals surface area contributed by atoms with Gasteiger partial charge in [0.1, 0.15) is 0 Å². The van der Waals surface area contributed by atoms with Crippen molar-refractivity contribution in [2.45, 2.75) is 18.9 Å². The standard InChI is InChI=1S/C10H22N2O3/c1-13-6-7-15-8-10(12-11)9-2-4-14-5-3-9/h9-10,12H,2-8,11H2,1H3. The first kappa shape index (κ1) is 12.9. The predicted molar refractivity (Wildman–Crippen MR) is 57.3 cm³/mol. The number of hydrazine groups is 1. The second kappa shape index (κ2) is 8.01. The zero-order valence-electron chi connectivity index (χ0n) is 9.41. The van der Waals surface area contributed by atoms with Crippen molar-refractivity contribution in [3.63, 3.8) is 0 Å². The molecule has 5 heteroatoms. The molecule has 0 amide bonds. The summed E-state index contributed by atoms with van der Waals surface area (Å²) in [5.74, 6) is 6.08. The van der Waals surface area contributed by atoms with E-state index in [1.54, 1.807) is 7.11 Å². The summed E-state index contributed by atoms with van der Waals surface area (Å²) in [5, 5.41) is 0. The van der Waals surface area contributed by atoms with E-state index in [1.165, 1.54) is 0 Å². The molecule has 1 rings (SSSR count). The second-order valence-electron chi connectivity index (χ2n) is 3.79. The minimum atomic E-state index is 0.228. The van der Waals surface area contributed by atoms with Crippen molar-refractivity contribution in [2.24, 2.45) is 11.8 Å². The maximum atomic E-state index is 5.52. The number of methoxy groups -OCH3 is 1. The van der Waals surface area contributed by atoms with Gasteiger partial charge in [-0.3, -0.25) is 11.3 Å². The van der Waals surface area contributed by atoms with E-state index in [1.807, 2.05) is 0 Å². The molecular weight excluding hydrogens is 196 g/mol. The fourth-order valence-electron chi connectivity index (χ4n) is 1.79. The van der Waals surface area contributed by atoms with Gasteiger partial charge in [0.05, 0.1) is 19.8 Å². The van der Waals surface area contributed by atoms with Crippen LogP contribution in [0.4, 0.5) is 0 Å². The molecule has 5 nitrogen and oxygen atoms in total. The molecule has 0 spiro atoms. The number of nitrogens with two attached hydrogens (primary N) is 1. The van der Waals surface area contributed by atoms with Crippen LogP contribution < -0.4 is 11.3 Å². The lowest BCUT2D eigenvalue weighted by molar-refractivity contribution is 0.0169. The third-order valence-corrected chi connectivity index (χ3v) is 2.78. The van der Waals surface area contributed by atoms with Crippen molar-refractivity contribution in [3.05, 3.63) is 0 Å². The van der Waals surface area contributed by atoms with Crippen molar-refractivity contribution in [3.8, 4) is 0 Å². The number of nitrogens with one attached hydrogen (secondary N) is 1. The normalized spacial score (nSPS) is 20.4. The fourth-order valence-corrected chi connectivity index (χ4v) is 1.79. The van der Waals surface area contributed by atoms with Gasteiger partial charge in [0, 0.05) is 26.4 Å². The Kier molecular flexibility index (Phi) is 6.87. The van der Waals surface area contributed by atoms with Crippen molar-refractivity contribution in [1.82, 2.24) is 5.43 Å². The Morgan fingerprint density at radius 2 is 2.13 bits per heavy atom. The van der Waals surface area contributed by atoms with Crippen LogP contribution in [0, 0.1) is 5.92 Å². The molecule has 1 aliphatic heterocycles. The van der Waals surface area contributed by atoms with Crippen LogP contribution in [-0.4, -0.2) is 46.2 Å². The summed E-state index contributed by atoms with van der Waals surface area (Å²) in [6.45, 7) is 3.56. The van der Waals surface area contributed by atoms with Crippen LogP contribution in [0.3, 0.4) is 0 Å². The lowest BCUT2D eigenvalue weighted by Crippen LogP contribution is -2.46. The number of rotatable bonds is 7. The first-order valence-electron chi connectivity index (χ1n) is 5.49. The molecule has 1 atom stereocenters. The molecule has 0 aromatic rings. The van der Waals surface area contributed by atoms with Crippen LogP contribution in [0.15, 0.2) is 0 Å². The predicted octanol–water partition coefficient (Wildman–Crippen LogP) is -0.0921. The van der Waals surface area contributed by atoms with Gasteiger partial charge in [-0.15, -0.1) is 0 Å². The first-order valence-corrected chi connectivity index (χ1v) is 5.49. The highest BCUT2D eigenvalue weighted by molar-refractivity contribution is 4.76. The van der Waals surface area contributed by atoms with Gasteiger partial charge in [0.2, 0.25) is 0 Å². The van der Waals surface area contributed by atoms with Gasteiger partial charge in [-0.25, -0.2) is 0 Å². The number of ether oxygens (including phenoxy) is 3. The van der Waals surface area contributed by atoms with Gasteiger partial charge in [-0.2, -0.15) is 0 Å². The molecule has 0 aliphatic carbocycles. The van der Waals surface area contributed by atoms with E-state index >= 15 is 0 Å². The highest BCUT2D eigenvalue weighted by Gasteiger charge is 2.22. The molecular formula is C10H22N2O3. The summed E-state index contributed by atoms with van der Waals surface area (Å²) in [7, 11) is 1.67. The van der Waals surface area contributed by atoms with E-state index in [0.29, 0.717) is 25.7 Å². The van der Waals surface area contributed by atoms with Crippen molar-refractivity contribution in [1.29, 1.82) is 0 Å². The average molecular weight is 218 g/mol. The van der Waals surface area contributed by atoms with Crippen LogP contribution in [0.1, 0.15) is 12.8 Å². The Labute approximate surface area is 91.2 Å². The summed E-state index contributed by atoms with van der Waals surface area (Å²) >= 11 is 0. The number of hydrogen-bond donors (Lipinski definition) is 2. The van der Waals surface area contributed by atoms with Gasteiger partial charge in [0.25, 0.3) is 0 Å². The highest BCUT2D eigenvalue weighted by atomic mass is 16.5. The van der Waals surface area contributed by atoms with Crippen molar-refractivity contribution in [2.75, 3.05) is 40.1 Å². The molecule has 0 saturated carbocycles. The molecule has 1 unspecified atom stereocenters. The Morgan fingerprint density at radius 3 is 2.73 bits per heavy atom. The Bertz CT molecular complexity index is 152. The van der Waals surface area contributed by atoms with E-state index in [0.717, 1.165) is 26.1 Å². The summed E-state index contributed by atoms with van der Waals surface area (Å²) in [6.07, 6.45) is 2.12. The third kappa shape index (κ3) is 4.90. The van der Waals surface area contributed by atoms with E-state index in [2.05, 4.69) is 5.43 Å². The van der Waals surface area contributed by atoms with Gasteiger partial charge in [0.15, 0.2) is 0 Å². The fraction of sp³-hybridized carbons (Fsp3) is 1.00. The zero-order valence-corrected chi connectivity index (χ0v) is 9.41.